The van der Waals surface area contributed by atoms with Crippen molar-refractivity contribution < 1.29 is 9.59 Å². The Morgan fingerprint density at radius 2 is 1.74 bits per heavy atom. The van der Waals surface area contributed by atoms with Gasteiger partial charge < -0.3 is 9.80 Å². The molecule has 1 aromatic carbocycles. The van der Waals surface area contributed by atoms with Gasteiger partial charge in [-0.3, -0.25) is 14.5 Å². The monoisotopic (exact) mass is 439 g/mol. The number of amides is 2. The minimum Gasteiger partial charge on any atom is -0.341 e. The minimum atomic E-state index is 0.00489. The number of carbonyl (C=O) groups is 2. The Kier molecular flexibility index (Phi) is 6.77. The molecule has 2 aromatic rings. The van der Waals surface area contributed by atoms with Gasteiger partial charge in [0.2, 0.25) is 11.8 Å². The number of hydrogen-bond acceptors (Lipinski definition) is 4. The van der Waals surface area contributed by atoms with E-state index in [0.717, 1.165) is 32.5 Å². The molecule has 5 nitrogen and oxygen atoms in total. The topological polar surface area (TPSA) is 43.9 Å². The van der Waals surface area contributed by atoms with Gasteiger partial charge in [-0.25, -0.2) is 0 Å². The first-order valence-electron chi connectivity index (χ1n) is 11.4. The maximum Gasteiger partial charge on any atom is 0.236 e. The molecule has 0 radical (unpaired) electrons. The molecule has 0 bridgehead atoms. The molecule has 1 atom stereocenters. The van der Waals surface area contributed by atoms with Crippen molar-refractivity contribution in [3.63, 3.8) is 0 Å². The first-order chi connectivity index (χ1) is 15.0. The van der Waals surface area contributed by atoms with Gasteiger partial charge >= 0.3 is 0 Å². The summed E-state index contributed by atoms with van der Waals surface area (Å²) >= 11 is 1.83. The highest BCUT2D eigenvalue weighted by atomic mass is 32.1. The van der Waals surface area contributed by atoms with Crippen LogP contribution in [0.15, 0.2) is 35.7 Å². The molecule has 6 heteroatoms. The van der Waals surface area contributed by atoms with E-state index in [2.05, 4.69) is 47.5 Å². The smallest absolute Gasteiger partial charge is 0.236 e. The second kappa shape index (κ2) is 9.53. The summed E-state index contributed by atoms with van der Waals surface area (Å²) < 4.78 is 0. The number of benzene rings is 1. The summed E-state index contributed by atoms with van der Waals surface area (Å²) in [5.74, 6) is 0.372. The molecular formula is C25H33N3O2S. The van der Waals surface area contributed by atoms with Gasteiger partial charge in [-0.1, -0.05) is 38.1 Å². The van der Waals surface area contributed by atoms with E-state index >= 15 is 0 Å². The molecule has 31 heavy (non-hydrogen) atoms. The molecular weight excluding hydrogens is 406 g/mol. The van der Waals surface area contributed by atoms with Crippen LogP contribution in [0.25, 0.3) is 0 Å². The number of fused-ring (bicyclic) bond motifs is 1. The van der Waals surface area contributed by atoms with Gasteiger partial charge in [0.1, 0.15) is 0 Å². The van der Waals surface area contributed by atoms with E-state index in [0.29, 0.717) is 19.6 Å². The maximum absolute atomic E-state index is 13.3. The van der Waals surface area contributed by atoms with Crippen LogP contribution in [0.5, 0.6) is 0 Å². The molecule has 0 spiro atoms. The van der Waals surface area contributed by atoms with E-state index in [1.807, 2.05) is 35.0 Å². The maximum atomic E-state index is 13.3. The van der Waals surface area contributed by atoms with Gasteiger partial charge in [-0.2, -0.15) is 0 Å². The van der Waals surface area contributed by atoms with Crippen molar-refractivity contribution in [2.75, 3.05) is 39.3 Å². The van der Waals surface area contributed by atoms with Gasteiger partial charge in [0.15, 0.2) is 0 Å². The minimum absolute atomic E-state index is 0.00489. The molecule has 4 rings (SSSR count). The zero-order valence-electron chi connectivity index (χ0n) is 18.8. The third-order valence-electron chi connectivity index (χ3n) is 6.54. The van der Waals surface area contributed by atoms with Crippen molar-refractivity contribution in [3.05, 3.63) is 57.3 Å². The summed E-state index contributed by atoms with van der Waals surface area (Å²) in [4.78, 5) is 33.4. The lowest BCUT2D eigenvalue weighted by atomic mass is 9.90. The summed E-state index contributed by atoms with van der Waals surface area (Å²) in [7, 11) is 0. The lowest BCUT2D eigenvalue weighted by Crippen LogP contribution is -2.45. The summed E-state index contributed by atoms with van der Waals surface area (Å²) in [5.41, 5.74) is 3.91. The standard InChI is InChI=1S/C25H33N3O2S/c1-18(2)25(30)27-12-6-11-26(14-15-27)23(29)17-28-13-9-22-21(10-16-31-22)24(28)20-8-5-4-7-19(20)3/h4-5,7-8,10,16,18,24H,6,9,11-15,17H2,1-3H3/t24-/m1/s1. The quantitative estimate of drug-likeness (QED) is 0.729. The molecule has 0 saturated carbocycles. The van der Waals surface area contributed by atoms with Crippen molar-refractivity contribution in [3.8, 4) is 0 Å². The van der Waals surface area contributed by atoms with Gasteiger partial charge in [0, 0.05) is 43.5 Å². The molecule has 3 heterocycles. The number of rotatable bonds is 4. The second-order valence-electron chi connectivity index (χ2n) is 8.99. The van der Waals surface area contributed by atoms with Gasteiger partial charge in [0.25, 0.3) is 0 Å². The Balaban J connectivity index is 1.49. The van der Waals surface area contributed by atoms with E-state index in [9.17, 15) is 9.59 Å². The SMILES string of the molecule is Cc1ccccc1[C@@H]1c2ccsc2CCN1CC(=O)N1CCCN(C(=O)C(C)C)CC1. The highest BCUT2D eigenvalue weighted by Gasteiger charge is 2.33. The van der Waals surface area contributed by atoms with Crippen molar-refractivity contribution in [2.24, 2.45) is 5.92 Å². The third kappa shape index (κ3) is 4.70. The Labute approximate surface area is 189 Å². The van der Waals surface area contributed by atoms with E-state index in [-0.39, 0.29) is 23.8 Å². The normalized spacial score (nSPS) is 19.9. The van der Waals surface area contributed by atoms with Crippen LogP contribution >= 0.6 is 11.3 Å². The lowest BCUT2D eigenvalue weighted by Gasteiger charge is -2.37. The molecule has 2 aliphatic heterocycles. The molecule has 1 fully saturated rings. The van der Waals surface area contributed by atoms with Crippen LogP contribution in [0.2, 0.25) is 0 Å². The Bertz CT molecular complexity index is 938. The van der Waals surface area contributed by atoms with Crippen LogP contribution in [-0.2, 0) is 16.0 Å². The fourth-order valence-electron chi connectivity index (χ4n) is 4.82. The molecule has 2 amide bonds. The fourth-order valence-corrected chi connectivity index (χ4v) is 5.73. The number of carbonyl (C=O) groups excluding carboxylic acids is 2. The van der Waals surface area contributed by atoms with Crippen molar-refractivity contribution in [1.82, 2.24) is 14.7 Å². The van der Waals surface area contributed by atoms with E-state index < -0.39 is 0 Å². The molecule has 1 aromatic heterocycles. The van der Waals surface area contributed by atoms with E-state index in [1.54, 1.807) is 0 Å². The van der Waals surface area contributed by atoms with Gasteiger partial charge in [-0.15, -0.1) is 11.3 Å². The van der Waals surface area contributed by atoms with Gasteiger partial charge in [-0.05, 0) is 47.9 Å². The molecule has 2 aliphatic rings. The predicted octanol–water partition coefficient (Wildman–Crippen LogP) is 3.72. The van der Waals surface area contributed by atoms with Crippen molar-refractivity contribution >= 4 is 23.2 Å². The molecule has 0 unspecified atom stereocenters. The van der Waals surface area contributed by atoms with Crippen LogP contribution in [0.3, 0.4) is 0 Å². The average Bonchev–Trinajstić information content (AvgIpc) is 3.09. The molecule has 0 N–H and O–H groups in total. The second-order valence-corrected chi connectivity index (χ2v) is 9.99. The average molecular weight is 440 g/mol. The fraction of sp³-hybridized carbons (Fsp3) is 0.520. The van der Waals surface area contributed by atoms with E-state index in [4.69, 9.17) is 0 Å². The number of hydrogen-bond donors (Lipinski definition) is 0. The van der Waals surface area contributed by atoms with E-state index in [1.165, 1.54) is 21.6 Å². The highest BCUT2D eigenvalue weighted by molar-refractivity contribution is 7.10. The van der Waals surface area contributed by atoms with Crippen LogP contribution in [0.1, 0.15) is 47.9 Å². The summed E-state index contributed by atoms with van der Waals surface area (Å²) in [6.07, 6.45) is 1.85. The Morgan fingerprint density at radius 1 is 1.00 bits per heavy atom. The summed E-state index contributed by atoms with van der Waals surface area (Å²) in [6.45, 7) is 10.1. The summed E-state index contributed by atoms with van der Waals surface area (Å²) in [6, 6.07) is 10.9. The number of nitrogens with zero attached hydrogens (tertiary/aromatic N) is 3. The van der Waals surface area contributed by atoms with Crippen LogP contribution in [0.4, 0.5) is 0 Å². The Hall–Kier alpha value is -2.18. The molecule has 1 saturated heterocycles. The zero-order chi connectivity index (χ0) is 22.0. The van der Waals surface area contributed by atoms with Gasteiger partial charge in [0.05, 0.1) is 12.6 Å². The third-order valence-corrected chi connectivity index (χ3v) is 7.54. The van der Waals surface area contributed by atoms with Crippen LogP contribution in [0, 0.1) is 12.8 Å². The number of aryl methyl sites for hydroxylation is 1. The lowest BCUT2D eigenvalue weighted by molar-refractivity contribution is -0.136. The summed E-state index contributed by atoms with van der Waals surface area (Å²) in [5, 5.41) is 2.18. The molecule has 0 aliphatic carbocycles. The zero-order valence-corrected chi connectivity index (χ0v) is 19.7. The number of thiophene rings is 1. The largest absolute Gasteiger partial charge is 0.341 e. The molecule has 166 valence electrons. The predicted molar refractivity (Wildman–Crippen MR) is 125 cm³/mol. The van der Waals surface area contributed by atoms with Crippen LogP contribution in [-0.4, -0.2) is 65.8 Å². The van der Waals surface area contributed by atoms with Crippen molar-refractivity contribution in [1.29, 1.82) is 0 Å². The first kappa shape index (κ1) is 22.0. The Morgan fingerprint density at radius 3 is 2.52 bits per heavy atom. The highest BCUT2D eigenvalue weighted by Crippen LogP contribution is 2.38. The van der Waals surface area contributed by atoms with Crippen molar-refractivity contribution in [2.45, 2.75) is 39.7 Å². The van der Waals surface area contributed by atoms with Crippen LogP contribution < -0.4 is 0 Å². The first-order valence-corrected chi connectivity index (χ1v) is 12.3.